The van der Waals surface area contributed by atoms with Crippen LogP contribution in [0.4, 0.5) is 0 Å². The predicted octanol–water partition coefficient (Wildman–Crippen LogP) is -0.230. The van der Waals surface area contributed by atoms with Crippen molar-refractivity contribution in [2.75, 3.05) is 34.3 Å². The number of methoxy groups -OCH3 is 1. The summed E-state index contributed by atoms with van der Waals surface area (Å²) in [6.45, 7) is 0.819. The maximum Gasteiger partial charge on any atom is 0.358 e. The van der Waals surface area contributed by atoms with E-state index in [2.05, 4.69) is 14.4 Å². The Morgan fingerprint density at radius 1 is 1.56 bits per heavy atom. The lowest BCUT2D eigenvalue weighted by molar-refractivity contribution is 0.0590. The zero-order chi connectivity index (χ0) is 13.8. The van der Waals surface area contributed by atoms with E-state index in [0.29, 0.717) is 6.54 Å². The van der Waals surface area contributed by atoms with Gasteiger partial charge in [-0.3, -0.25) is 0 Å². The van der Waals surface area contributed by atoms with E-state index in [9.17, 15) is 13.2 Å². The monoisotopic (exact) mass is 293 g/mol. The number of thiazole rings is 1. The van der Waals surface area contributed by atoms with Gasteiger partial charge in [0.2, 0.25) is 0 Å². The molecule has 102 valence electrons. The quantitative estimate of drug-likeness (QED) is 0.729. The summed E-state index contributed by atoms with van der Waals surface area (Å²) in [5, 5.41) is 0. The number of rotatable bonds is 6. The highest BCUT2D eigenvalue weighted by molar-refractivity contribution is 7.91. The molecule has 0 bridgehead atoms. The summed E-state index contributed by atoms with van der Waals surface area (Å²) in [6.07, 6.45) is 0. The molecular formula is C9H15N3O4S2. The van der Waals surface area contributed by atoms with Crippen molar-refractivity contribution in [2.24, 2.45) is 0 Å². The van der Waals surface area contributed by atoms with Crippen LogP contribution in [-0.4, -0.2) is 58.6 Å². The number of esters is 1. The molecular weight excluding hydrogens is 278 g/mol. The normalized spacial score (nSPS) is 11.8. The van der Waals surface area contributed by atoms with Crippen molar-refractivity contribution in [2.45, 2.75) is 4.21 Å². The number of likely N-dealkylation sites (N-methyl/N-ethyl adjacent to an activating group) is 1. The van der Waals surface area contributed by atoms with E-state index in [4.69, 9.17) is 0 Å². The Kier molecular flexibility index (Phi) is 5.20. The van der Waals surface area contributed by atoms with Crippen molar-refractivity contribution in [1.29, 1.82) is 0 Å². The van der Waals surface area contributed by atoms with Crippen LogP contribution in [0.1, 0.15) is 10.5 Å². The van der Waals surface area contributed by atoms with Gasteiger partial charge >= 0.3 is 5.97 Å². The highest BCUT2D eigenvalue weighted by Gasteiger charge is 2.26. The lowest BCUT2D eigenvalue weighted by atomic mass is 10.5. The predicted molar refractivity (Wildman–Crippen MR) is 67.2 cm³/mol. The third-order valence-corrected chi connectivity index (χ3v) is 4.84. The van der Waals surface area contributed by atoms with Gasteiger partial charge in [0.1, 0.15) is 0 Å². The Morgan fingerprint density at radius 3 is 2.78 bits per heavy atom. The average molecular weight is 293 g/mol. The minimum Gasteiger partial charge on any atom is -0.464 e. The Morgan fingerprint density at radius 2 is 2.22 bits per heavy atom. The van der Waals surface area contributed by atoms with Crippen LogP contribution in [0.25, 0.3) is 0 Å². The summed E-state index contributed by atoms with van der Waals surface area (Å²) in [5.74, 6) is -0.760. The van der Waals surface area contributed by atoms with Crippen LogP contribution >= 0.6 is 11.3 Å². The summed E-state index contributed by atoms with van der Waals surface area (Å²) in [6, 6.07) is 0. The van der Waals surface area contributed by atoms with Gasteiger partial charge < -0.3 is 9.64 Å². The average Bonchev–Trinajstić information content (AvgIpc) is 2.76. The van der Waals surface area contributed by atoms with E-state index in [1.807, 2.05) is 19.0 Å². The molecule has 0 amide bonds. The lowest BCUT2D eigenvalue weighted by Gasteiger charge is -2.10. The van der Waals surface area contributed by atoms with Crippen molar-refractivity contribution in [3.63, 3.8) is 0 Å². The van der Waals surface area contributed by atoms with Crippen LogP contribution in [0.2, 0.25) is 0 Å². The van der Waals surface area contributed by atoms with Crippen molar-refractivity contribution < 1.29 is 17.9 Å². The number of nitrogens with one attached hydrogen (secondary N) is 1. The topological polar surface area (TPSA) is 88.6 Å². The van der Waals surface area contributed by atoms with Crippen LogP contribution in [0.3, 0.4) is 0 Å². The van der Waals surface area contributed by atoms with Gasteiger partial charge in [-0.1, -0.05) is 0 Å². The third kappa shape index (κ3) is 3.73. The summed E-state index contributed by atoms with van der Waals surface area (Å²) < 4.78 is 30.7. The second kappa shape index (κ2) is 6.23. The van der Waals surface area contributed by atoms with E-state index < -0.39 is 16.0 Å². The van der Waals surface area contributed by atoms with Gasteiger partial charge in [0.05, 0.1) is 12.6 Å². The maximum atomic E-state index is 11.9. The summed E-state index contributed by atoms with van der Waals surface area (Å²) in [4.78, 5) is 16.9. The smallest absolute Gasteiger partial charge is 0.358 e. The van der Waals surface area contributed by atoms with E-state index in [0.717, 1.165) is 11.3 Å². The zero-order valence-electron chi connectivity index (χ0n) is 10.3. The van der Waals surface area contributed by atoms with Crippen LogP contribution in [0.15, 0.2) is 9.72 Å². The largest absolute Gasteiger partial charge is 0.464 e. The van der Waals surface area contributed by atoms with Gasteiger partial charge in [0.25, 0.3) is 10.0 Å². The number of ether oxygens (including phenoxy) is 1. The SMILES string of the molecule is COC(=O)c1ncsc1S(=O)(=O)NCCN(C)C. The molecule has 1 heterocycles. The zero-order valence-corrected chi connectivity index (χ0v) is 12.0. The molecule has 0 aromatic carbocycles. The molecule has 1 rings (SSSR count). The molecule has 0 spiro atoms. The second-order valence-electron chi connectivity index (χ2n) is 3.68. The molecule has 0 saturated heterocycles. The molecule has 0 aliphatic heterocycles. The highest BCUT2D eigenvalue weighted by Crippen LogP contribution is 2.20. The van der Waals surface area contributed by atoms with Crippen LogP contribution in [0.5, 0.6) is 0 Å². The van der Waals surface area contributed by atoms with Crippen LogP contribution in [-0.2, 0) is 14.8 Å². The van der Waals surface area contributed by atoms with Crippen molar-refractivity contribution in [3.8, 4) is 0 Å². The van der Waals surface area contributed by atoms with E-state index >= 15 is 0 Å². The standard InChI is InChI=1S/C9H15N3O4S2/c1-12(2)5-4-11-18(14,15)9-7(8(13)16-3)10-6-17-9/h6,11H,4-5H2,1-3H3. The first kappa shape index (κ1) is 15.0. The number of sulfonamides is 1. The van der Waals surface area contributed by atoms with Gasteiger partial charge in [-0.25, -0.2) is 22.9 Å². The Balaban J connectivity index is 2.85. The van der Waals surface area contributed by atoms with Crippen LogP contribution < -0.4 is 4.72 Å². The molecule has 1 aromatic heterocycles. The number of hydrogen-bond donors (Lipinski definition) is 1. The van der Waals surface area contributed by atoms with E-state index in [1.165, 1.54) is 12.6 Å². The second-order valence-corrected chi connectivity index (χ2v) is 6.50. The number of carbonyl (C=O) groups is 1. The highest BCUT2D eigenvalue weighted by atomic mass is 32.2. The minimum atomic E-state index is -3.72. The van der Waals surface area contributed by atoms with Gasteiger partial charge in [0.15, 0.2) is 9.90 Å². The Bertz CT molecular complexity index is 510. The van der Waals surface area contributed by atoms with Crippen molar-refractivity contribution >= 4 is 27.3 Å². The first-order valence-electron chi connectivity index (χ1n) is 5.04. The van der Waals surface area contributed by atoms with Gasteiger partial charge in [-0.15, -0.1) is 11.3 Å². The number of carbonyl (C=O) groups excluding carboxylic acids is 1. The molecule has 0 fully saturated rings. The molecule has 0 aliphatic rings. The molecule has 9 heteroatoms. The Labute approximate surface area is 110 Å². The first-order chi connectivity index (χ1) is 8.38. The molecule has 7 nitrogen and oxygen atoms in total. The van der Waals surface area contributed by atoms with Crippen molar-refractivity contribution in [3.05, 3.63) is 11.2 Å². The van der Waals surface area contributed by atoms with Gasteiger partial charge in [-0.2, -0.15) is 0 Å². The summed E-state index contributed by atoms with van der Waals surface area (Å²) >= 11 is 0.883. The van der Waals surface area contributed by atoms with Gasteiger partial charge in [-0.05, 0) is 14.1 Å². The fourth-order valence-electron chi connectivity index (χ4n) is 1.13. The van der Waals surface area contributed by atoms with Crippen LogP contribution in [0, 0.1) is 0 Å². The number of hydrogen-bond acceptors (Lipinski definition) is 7. The fraction of sp³-hybridized carbons (Fsp3) is 0.556. The van der Waals surface area contributed by atoms with E-state index in [-0.39, 0.29) is 16.4 Å². The molecule has 18 heavy (non-hydrogen) atoms. The number of aromatic nitrogens is 1. The third-order valence-electron chi connectivity index (χ3n) is 2.01. The van der Waals surface area contributed by atoms with Crippen molar-refractivity contribution in [1.82, 2.24) is 14.6 Å². The minimum absolute atomic E-state index is 0.117. The first-order valence-corrected chi connectivity index (χ1v) is 7.41. The Hall–Kier alpha value is -1.03. The molecule has 0 atom stereocenters. The fourth-order valence-corrected chi connectivity index (χ4v) is 3.32. The molecule has 1 aromatic rings. The van der Waals surface area contributed by atoms with Gasteiger partial charge in [0, 0.05) is 13.1 Å². The molecule has 0 radical (unpaired) electrons. The lowest BCUT2D eigenvalue weighted by Crippen LogP contribution is -2.31. The molecule has 0 saturated carbocycles. The summed E-state index contributed by atoms with van der Waals surface area (Å²) in [5.41, 5.74) is 1.12. The maximum absolute atomic E-state index is 11.9. The van der Waals surface area contributed by atoms with E-state index in [1.54, 1.807) is 0 Å². The number of nitrogens with zero attached hydrogens (tertiary/aromatic N) is 2. The summed E-state index contributed by atoms with van der Waals surface area (Å²) in [7, 11) is 1.13. The molecule has 1 N–H and O–H groups in total. The molecule has 0 aliphatic carbocycles. The molecule has 0 unspecified atom stereocenters.